The van der Waals surface area contributed by atoms with Crippen LogP contribution in [-0.2, 0) is 0 Å². The second-order valence-electron chi connectivity index (χ2n) is 6.27. The predicted octanol–water partition coefficient (Wildman–Crippen LogP) is 2.97. The quantitative estimate of drug-likeness (QED) is 0.879. The Morgan fingerprint density at radius 3 is 3.04 bits per heavy atom. The zero-order valence-electron chi connectivity index (χ0n) is 14.9. The molecule has 1 atom stereocenters. The number of amides is 1. The summed E-state index contributed by atoms with van der Waals surface area (Å²) >= 11 is 0. The van der Waals surface area contributed by atoms with Gasteiger partial charge in [0.1, 0.15) is 11.4 Å². The van der Waals surface area contributed by atoms with Crippen LogP contribution in [0, 0.1) is 0 Å². The fourth-order valence-electron chi connectivity index (χ4n) is 3.43. The largest absolute Gasteiger partial charge is 0.494 e. The number of hydrogen-bond donors (Lipinski definition) is 1. The van der Waals surface area contributed by atoms with E-state index in [2.05, 4.69) is 22.1 Å². The summed E-state index contributed by atoms with van der Waals surface area (Å²) in [4.78, 5) is 19.4. The molecule has 25 heavy (non-hydrogen) atoms. The predicted molar refractivity (Wildman–Crippen MR) is 98.8 cm³/mol. The zero-order chi connectivity index (χ0) is 17.6. The summed E-state index contributed by atoms with van der Waals surface area (Å²) < 4.78 is 5.37. The van der Waals surface area contributed by atoms with Crippen LogP contribution < -0.4 is 10.1 Å². The first-order valence-electron chi connectivity index (χ1n) is 8.84. The molecular formula is C20H25N3O2. The van der Waals surface area contributed by atoms with E-state index in [-0.39, 0.29) is 5.91 Å². The molecule has 1 aliphatic rings. The van der Waals surface area contributed by atoms with E-state index in [1.165, 1.54) is 6.42 Å². The number of rotatable bonds is 6. The van der Waals surface area contributed by atoms with Crippen molar-refractivity contribution in [3.8, 4) is 17.0 Å². The van der Waals surface area contributed by atoms with Gasteiger partial charge in [-0.2, -0.15) is 0 Å². The second-order valence-corrected chi connectivity index (χ2v) is 6.27. The van der Waals surface area contributed by atoms with Crippen molar-refractivity contribution < 1.29 is 9.53 Å². The van der Waals surface area contributed by atoms with Gasteiger partial charge < -0.3 is 10.1 Å². The van der Waals surface area contributed by atoms with Gasteiger partial charge in [0, 0.05) is 29.9 Å². The van der Waals surface area contributed by atoms with Gasteiger partial charge >= 0.3 is 0 Å². The summed E-state index contributed by atoms with van der Waals surface area (Å²) in [7, 11) is 1.62. The fraction of sp³-hybridized carbons (Fsp3) is 0.400. The molecule has 1 N–H and O–H groups in total. The van der Waals surface area contributed by atoms with Crippen molar-refractivity contribution in [2.75, 3.05) is 26.7 Å². The molecular weight excluding hydrogens is 314 g/mol. The number of carbonyl (C=O) groups is 1. The Labute approximate surface area is 149 Å². The lowest BCUT2D eigenvalue weighted by Crippen LogP contribution is -2.40. The van der Waals surface area contributed by atoms with Crippen LogP contribution in [0.15, 0.2) is 42.6 Å². The molecule has 1 saturated heterocycles. The van der Waals surface area contributed by atoms with Gasteiger partial charge in [0.05, 0.1) is 7.11 Å². The number of aromatic nitrogens is 1. The minimum absolute atomic E-state index is 0.0419. The molecule has 0 spiro atoms. The van der Waals surface area contributed by atoms with Crippen molar-refractivity contribution in [3.63, 3.8) is 0 Å². The molecule has 1 amide bonds. The summed E-state index contributed by atoms with van der Waals surface area (Å²) in [5.74, 6) is 0.657. The van der Waals surface area contributed by atoms with Gasteiger partial charge in [0.2, 0.25) is 0 Å². The van der Waals surface area contributed by atoms with Crippen molar-refractivity contribution in [2.24, 2.45) is 0 Å². The van der Waals surface area contributed by atoms with Gasteiger partial charge in [0.25, 0.3) is 5.91 Å². The van der Waals surface area contributed by atoms with E-state index in [9.17, 15) is 4.79 Å². The van der Waals surface area contributed by atoms with Gasteiger partial charge in [-0.25, -0.2) is 0 Å². The summed E-state index contributed by atoms with van der Waals surface area (Å²) in [5.41, 5.74) is 2.26. The summed E-state index contributed by atoms with van der Waals surface area (Å²) in [6.07, 6.45) is 4.09. The lowest BCUT2D eigenvalue weighted by Gasteiger charge is -2.22. The Hall–Kier alpha value is -2.40. The maximum absolute atomic E-state index is 12.6. The summed E-state index contributed by atoms with van der Waals surface area (Å²) in [6.45, 7) is 5.04. The van der Waals surface area contributed by atoms with Crippen LogP contribution in [0.25, 0.3) is 11.3 Å². The van der Waals surface area contributed by atoms with Crippen LogP contribution in [0.5, 0.6) is 5.75 Å². The highest BCUT2D eigenvalue weighted by molar-refractivity contribution is 5.95. The minimum atomic E-state index is -0.0419. The molecule has 1 unspecified atom stereocenters. The first-order chi connectivity index (χ1) is 12.2. The van der Waals surface area contributed by atoms with Gasteiger partial charge in [-0.3, -0.25) is 14.7 Å². The van der Waals surface area contributed by atoms with Crippen LogP contribution in [0.1, 0.15) is 30.1 Å². The highest BCUT2D eigenvalue weighted by atomic mass is 16.5. The summed E-state index contributed by atoms with van der Waals surface area (Å²) in [6, 6.07) is 11.7. The van der Waals surface area contributed by atoms with Crippen LogP contribution in [0.4, 0.5) is 0 Å². The molecule has 5 nitrogen and oxygen atoms in total. The summed E-state index contributed by atoms with van der Waals surface area (Å²) in [5, 5.41) is 3.08. The number of carbonyl (C=O) groups excluding carboxylic acids is 1. The highest BCUT2D eigenvalue weighted by Crippen LogP contribution is 2.27. The maximum atomic E-state index is 12.6. The highest BCUT2D eigenvalue weighted by Gasteiger charge is 2.23. The van der Waals surface area contributed by atoms with Crippen LogP contribution in [0.2, 0.25) is 0 Å². The standard InChI is InChI=1S/C20H25N3O2/c1-3-23-12-6-9-17(23)14-22-20(24)16-8-4-7-15(13-16)19-18(25-2)10-5-11-21-19/h4-5,7-8,10-11,13,17H,3,6,9,12,14H2,1-2H3,(H,22,24). The number of benzene rings is 1. The van der Waals surface area contributed by atoms with Gasteiger partial charge in [0.15, 0.2) is 0 Å². The number of nitrogens with one attached hydrogen (secondary N) is 1. The average Bonchev–Trinajstić information content (AvgIpc) is 3.13. The lowest BCUT2D eigenvalue weighted by atomic mass is 10.1. The number of likely N-dealkylation sites (N-methyl/N-ethyl adjacent to an activating group) is 1. The van der Waals surface area contributed by atoms with E-state index in [0.29, 0.717) is 23.9 Å². The van der Waals surface area contributed by atoms with Crippen LogP contribution in [0.3, 0.4) is 0 Å². The third-order valence-corrected chi connectivity index (χ3v) is 4.79. The number of likely N-dealkylation sites (tertiary alicyclic amines) is 1. The first kappa shape index (κ1) is 17.4. The van der Waals surface area contributed by atoms with E-state index >= 15 is 0 Å². The molecule has 3 rings (SSSR count). The first-order valence-corrected chi connectivity index (χ1v) is 8.84. The van der Waals surface area contributed by atoms with Crippen molar-refractivity contribution in [1.82, 2.24) is 15.2 Å². The topological polar surface area (TPSA) is 54.5 Å². The number of nitrogens with zero attached hydrogens (tertiary/aromatic N) is 2. The van der Waals surface area contributed by atoms with Crippen LogP contribution >= 0.6 is 0 Å². The number of pyridine rings is 1. The average molecular weight is 339 g/mol. The van der Waals surface area contributed by atoms with E-state index < -0.39 is 0 Å². The van der Waals surface area contributed by atoms with Crippen molar-refractivity contribution >= 4 is 5.91 Å². The third-order valence-electron chi connectivity index (χ3n) is 4.79. The molecule has 0 bridgehead atoms. The fourth-order valence-corrected chi connectivity index (χ4v) is 3.43. The molecule has 1 fully saturated rings. The normalized spacial score (nSPS) is 17.4. The Morgan fingerprint density at radius 1 is 1.36 bits per heavy atom. The smallest absolute Gasteiger partial charge is 0.251 e. The van der Waals surface area contributed by atoms with Crippen molar-refractivity contribution in [3.05, 3.63) is 48.2 Å². The van der Waals surface area contributed by atoms with Crippen molar-refractivity contribution in [2.45, 2.75) is 25.8 Å². The number of ether oxygens (including phenoxy) is 1. The second kappa shape index (κ2) is 8.12. The van der Waals surface area contributed by atoms with Gasteiger partial charge in [-0.05, 0) is 50.2 Å². The minimum Gasteiger partial charge on any atom is -0.494 e. The molecule has 1 aromatic heterocycles. The number of hydrogen-bond acceptors (Lipinski definition) is 4. The molecule has 0 aliphatic carbocycles. The van der Waals surface area contributed by atoms with E-state index in [1.807, 2.05) is 36.4 Å². The van der Waals surface area contributed by atoms with E-state index in [0.717, 1.165) is 30.8 Å². The molecule has 2 aromatic rings. The Bertz CT molecular complexity index is 732. The maximum Gasteiger partial charge on any atom is 0.251 e. The number of methoxy groups -OCH3 is 1. The molecule has 132 valence electrons. The van der Waals surface area contributed by atoms with E-state index in [4.69, 9.17) is 4.74 Å². The van der Waals surface area contributed by atoms with Crippen LogP contribution in [-0.4, -0.2) is 48.6 Å². The molecule has 1 aliphatic heterocycles. The molecule has 2 heterocycles. The SMILES string of the molecule is CCN1CCCC1CNC(=O)c1cccc(-c2ncccc2OC)c1. The van der Waals surface area contributed by atoms with E-state index in [1.54, 1.807) is 13.3 Å². The Morgan fingerprint density at radius 2 is 2.24 bits per heavy atom. The molecule has 0 radical (unpaired) electrons. The molecule has 0 saturated carbocycles. The molecule has 5 heteroatoms. The monoisotopic (exact) mass is 339 g/mol. The third kappa shape index (κ3) is 3.99. The van der Waals surface area contributed by atoms with Crippen molar-refractivity contribution in [1.29, 1.82) is 0 Å². The Kier molecular flexibility index (Phi) is 5.66. The van der Waals surface area contributed by atoms with Gasteiger partial charge in [-0.1, -0.05) is 19.1 Å². The zero-order valence-corrected chi connectivity index (χ0v) is 14.9. The lowest BCUT2D eigenvalue weighted by molar-refractivity contribution is 0.0941. The Balaban J connectivity index is 1.71. The molecule has 1 aromatic carbocycles. The van der Waals surface area contributed by atoms with Gasteiger partial charge in [-0.15, -0.1) is 0 Å².